The molecule has 0 heterocycles. The zero-order valence-electron chi connectivity index (χ0n) is 11.1. The Balaban J connectivity index is 3.34. The molecule has 0 fully saturated rings. The molecule has 98 valence electrons. The van der Waals surface area contributed by atoms with Crippen LogP contribution in [-0.4, -0.2) is 27.9 Å². The molecule has 0 aliphatic carbocycles. The predicted molar refractivity (Wildman–Crippen MR) is 68.1 cm³/mol. The maximum absolute atomic E-state index is 9.22. The van der Waals surface area contributed by atoms with Gasteiger partial charge in [0.25, 0.3) is 0 Å². The van der Waals surface area contributed by atoms with Crippen molar-refractivity contribution in [1.82, 2.24) is 5.32 Å². The van der Waals surface area contributed by atoms with Crippen LogP contribution in [0.2, 0.25) is 0 Å². The standard InChI is InChI=1S/C13H18N2O3/c1-5-15-10(8-14)13-11(17-3)6-9(16-2)7-12(13)18-4/h6-7,10,15H,5H2,1-4H3. The van der Waals surface area contributed by atoms with Crippen molar-refractivity contribution in [3.05, 3.63) is 17.7 Å². The highest BCUT2D eigenvalue weighted by Gasteiger charge is 2.21. The summed E-state index contributed by atoms with van der Waals surface area (Å²) in [5.41, 5.74) is 0.685. The van der Waals surface area contributed by atoms with E-state index in [-0.39, 0.29) is 0 Å². The second-order valence-corrected chi connectivity index (χ2v) is 3.57. The van der Waals surface area contributed by atoms with Crippen molar-refractivity contribution in [3.63, 3.8) is 0 Å². The fourth-order valence-electron chi connectivity index (χ4n) is 1.73. The van der Waals surface area contributed by atoms with E-state index >= 15 is 0 Å². The maximum Gasteiger partial charge on any atom is 0.132 e. The molecule has 1 N–H and O–H groups in total. The molecule has 18 heavy (non-hydrogen) atoms. The minimum Gasteiger partial charge on any atom is -0.496 e. The van der Waals surface area contributed by atoms with E-state index < -0.39 is 6.04 Å². The Morgan fingerprint density at radius 3 is 2.06 bits per heavy atom. The van der Waals surface area contributed by atoms with Crippen LogP contribution in [0.3, 0.4) is 0 Å². The van der Waals surface area contributed by atoms with Gasteiger partial charge in [0.1, 0.15) is 23.3 Å². The van der Waals surface area contributed by atoms with Crippen LogP contribution in [0.15, 0.2) is 12.1 Å². The topological polar surface area (TPSA) is 63.5 Å². The summed E-state index contributed by atoms with van der Waals surface area (Å²) in [6.07, 6.45) is 0. The molecule has 0 bridgehead atoms. The second-order valence-electron chi connectivity index (χ2n) is 3.57. The summed E-state index contributed by atoms with van der Waals surface area (Å²) < 4.78 is 15.8. The third kappa shape index (κ3) is 2.84. The fourth-order valence-corrected chi connectivity index (χ4v) is 1.73. The number of nitrogens with zero attached hydrogens (tertiary/aromatic N) is 1. The average Bonchev–Trinajstić information content (AvgIpc) is 2.43. The van der Waals surface area contributed by atoms with Crippen molar-refractivity contribution in [2.24, 2.45) is 0 Å². The van der Waals surface area contributed by atoms with Crippen molar-refractivity contribution >= 4 is 0 Å². The third-order valence-electron chi connectivity index (χ3n) is 2.58. The second kappa shape index (κ2) is 6.72. The van der Waals surface area contributed by atoms with Crippen LogP contribution >= 0.6 is 0 Å². The molecule has 0 radical (unpaired) electrons. The SMILES string of the molecule is CCNC(C#N)c1c(OC)cc(OC)cc1OC. The summed E-state index contributed by atoms with van der Waals surface area (Å²) in [6.45, 7) is 2.61. The summed E-state index contributed by atoms with van der Waals surface area (Å²) >= 11 is 0. The Kier molecular flexibility index (Phi) is 5.28. The van der Waals surface area contributed by atoms with Gasteiger partial charge in [0.15, 0.2) is 0 Å². The smallest absolute Gasteiger partial charge is 0.132 e. The van der Waals surface area contributed by atoms with Crippen LogP contribution in [0, 0.1) is 11.3 Å². The van der Waals surface area contributed by atoms with E-state index in [9.17, 15) is 5.26 Å². The highest BCUT2D eigenvalue weighted by molar-refractivity contribution is 5.53. The number of benzene rings is 1. The number of nitriles is 1. The molecule has 0 aliphatic rings. The van der Waals surface area contributed by atoms with E-state index in [0.717, 1.165) is 0 Å². The van der Waals surface area contributed by atoms with E-state index in [0.29, 0.717) is 29.4 Å². The van der Waals surface area contributed by atoms with Crippen LogP contribution < -0.4 is 19.5 Å². The van der Waals surface area contributed by atoms with Crippen LogP contribution in [0.4, 0.5) is 0 Å². The van der Waals surface area contributed by atoms with E-state index in [1.165, 1.54) is 0 Å². The molecule has 1 unspecified atom stereocenters. The number of methoxy groups -OCH3 is 3. The molecule has 0 amide bonds. The van der Waals surface area contributed by atoms with Crippen molar-refractivity contribution in [1.29, 1.82) is 5.26 Å². The molecule has 0 aliphatic heterocycles. The van der Waals surface area contributed by atoms with Gasteiger partial charge in [0.2, 0.25) is 0 Å². The molecular weight excluding hydrogens is 232 g/mol. The minimum absolute atomic E-state index is 0.481. The zero-order chi connectivity index (χ0) is 13.5. The highest BCUT2D eigenvalue weighted by Crippen LogP contribution is 2.37. The lowest BCUT2D eigenvalue weighted by Gasteiger charge is -2.18. The van der Waals surface area contributed by atoms with E-state index in [4.69, 9.17) is 14.2 Å². The number of hydrogen-bond acceptors (Lipinski definition) is 5. The van der Waals surface area contributed by atoms with Gasteiger partial charge in [-0.3, -0.25) is 5.32 Å². The van der Waals surface area contributed by atoms with E-state index in [1.807, 2.05) is 6.92 Å². The van der Waals surface area contributed by atoms with Gasteiger partial charge >= 0.3 is 0 Å². The van der Waals surface area contributed by atoms with Gasteiger partial charge in [0.05, 0.1) is 33.0 Å². The third-order valence-corrected chi connectivity index (χ3v) is 2.58. The quantitative estimate of drug-likeness (QED) is 0.835. The Morgan fingerprint density at radius 2 is 1.72 bits per heavy atom. The Bertz CT molecular complexity index is 415. The number of nitrogens with one attached hydrogen (secondary N) is 1. The average molecular weight is 250 g/mol. The molecule has 0 saturated heterocycles. The number of rotatable bonds is 6. The lowest BCUT2D eigenvalue weighted by molar-refractivity contribution is 0.364. The van der Waals surface area contributed by atoms with Crippen molar-refractivity contribution < 1.29 is 14.2 Å². The molecular formula is C13H18N2O3. The molecule has 0 spiro atoms. The molecule has 1 atom stereocenters. The summed E-state index contributed by atoms with van der Waals surface area (Å²) in [5, 5.41) is 12.3. The van der Waals surface area contributed by atoms with Crippen LogP contribution in [0.5, 0.6) is 17.2 Å². The van der Waals surface area contributed by atoms with Gasteiger partial charge in [-0.05, 0) is 6.54 Å². The fraction of sp³-hybridized carbons (Fsp3) is 0.462. The van der Waals surface area contributed by atoms with Crippen LogP contribution in [0.25, 0.3) is 0 Å². The lowest BCUT2D eigenvalue weighted by Crippen LogP contribution is -2.20. The lowest BCUT2D eigenvalue weighted by atomic mass is 10.0. The summed E-state index contributed by atoms with van der Waals surface area (Å²) in [4.78, 5) is 0. The molecule has 1 rings (SSSR count). The summed E-state index contributed by atoms with van der Waals surface area (Å²) in [6, 6.07) is 5.18. The number of ether oxygens (including phenoxy) is 3. The Morgan fingerprint density at radius 1 is 1.17 bits per heavy atom. The van der Waals surface area contributed by atoms with Crippen LogP contribution in [-0.2, 0) is 0 Å². The molecule has 1 aromatic rings. The molecule has 1 aromatic carbocycles. The van der Waals surface area contributed by atoms with Gasteiger partial charge < -0.3 is 14.2 Å². The Hall–Kier alpha value is -1.93. The van der Waals surface area contributed by atoms with Crippen molar-refractivity contribution in [3.8, 4) is 23.3 Å². The first-order valence-electron chi connectivity index (χ1n) is 5.64. The van der Waals surface area contributed by atoms with Gasteiger partial charge in [0, 0.05) is 12.1 Å². The maximum atomic E-state index is 9.22. The molecule has 0 saturated carbocycles. The van der Waals surface area contributed by atoms with E-state index in [1.54, 1.807) is 33.5 Å². The molecule has 5 nitrogen and oxygen atoms in total. The first kappa shape index (κ1) is 14.1. The minimum atomic E-state index is -0.481. The zero-order valence-corrected chi connectivity index (χ0v) is 11.1. The number of hydrogen-bond donors (Lipinski definition) is 1. The van der Waals surface area contributed by atoms with Crippen molar-refractivity contribution in [2.75, 3.05) is 27.9 Å². The first-order valence-corrected chi connectivity index (χ1v) is 5.64. The predicted octanol–water partition coefficient (Wildman–Crippen LogP) is 1.89. The molecule has 0 aromatic heterocycles. The monoisotopic (exact) mass is 250 g/mol. The van der Waals surface area contributed by atoms with E-state index in [2.05, 4.69) is 11.4 Å². The largest absolute Gasteiger partial charge is 0.496 e. The Labute approximate surface area is 107 Å². The molecule has 5 heteroatoms. The van der Waals surface area contributed by atoms with Crippen molar-refractivity contribution in [2.45, 2.75) is 13.0 Å². The summed E-state index contributed by atoms with van der Waals surface area (Å²) in [7, 11) is 4.68. The van der Waals surface area contributed by atoms with Crippen LogP contribution in [0.1, 0.15) is 18.5 Å². The summed E-state index contributed by atoms with van der Waals surface area (Å²) in [5.74, 6) is 1.76. The van der Waals surface area contributed by atoms with Gasteiger partial charge in [-0.15, -0.1) is 0 Å². The first-order chi connectivity index (χ1) is 8.71. The van der Waals surface area contributed by atoms with Gasteiger partial charge in [-0.2, -0.15) is 5.26 Å². The van der Waals surface area contributed by atoms with Gasteiger partial charge in [-0.1, -0.05) is 6.92 Å². The highest BCUT2D eigenvalue weighted by atomic mass is 16.5. The normalized spacial score (nSPS) is 11.5. The van der Waals surface area contributed by atoms with Gasteiger partial charge in [-0.25, -0.2) is 0 Å².